The number of phenols is 1. The van der Waals surface area contributed by atoms with Crippen molar-refractivity contribution in [2.75, 3.05) is 0 Å². The van der Waals surface area contributed by atoms with Gasteiger partial charge in [-0.3, -0.25) is 4.79 Å². The van der Waals surface area contributed by atoms with E-state index in [-0.39, 0.29) is 10.9 Å². The molecule has 0 saturated heterocycles. The Bertz CT molecular complexity index is 477. The highest BCUT2D eigenvalue weighted by Crippen LogP contribution is 2.23. The number of thioether (sulfide) groups is 1. The van der Waals surface area contributed by atoms with Gasteiger partial charge in [-0.05, 0) is 48.2 Å². The van der Waals surface area contributed by atoms with Crippen LogP contribution in [0.1, 0.15) is 10.4 Å². The zero-order chi connectivity index (χ0) is 11.4. The maximum Gasteiger partial charge on any atom is 0.224 e. The maximum atomic E-state index is 11.8. The van der Waals surface area contributed by atoms with Crippen LogP contribution in [-0.4, -0.2) is 10.2 Å². The summed E-state index contributed by atoms with van der Waals surface area (Å²) >= 11 is 1.18. The van der Waals surface area contributed by atoms with Gasteiger partial charge in [0.05, 0.1) is 0 Å². The van der Waals surface area contributed by atoms with Gasteiger partial charge in [-0.1, -0.05) is 18.2 Å². The third-order valence-electron chi connectivity index (χ3n) is 2.06. The first-order valence-corrected chi connectivity index (χ1v) is 5.63. The molecule has 0 aliphatic carbocycles. The van der Waals surface area contributed by atoms with Crippen LogP contribution in [0.25, 0.3) is 0 Å². The SMILES string of the molecule is O=C(Sc1ccccc1)c1ccc(O)cc1. The van der Waals surface area contributed by atoms with E-state index in [0.29, 0.717) is 5.56 Å². The van der Waals surface area contributed by atoms with Crippen LogP contribution in [0.2, 0.25) is 0 Å². The van der Waals surface area contributed by atoms with Gasteiger partial charge in [0, 0.05) is 10.5 Å². The van der Waals surface area contributed by atoms with E-state index in [2.05, 4.69) is 0 Å². The number of benzene rings is 2. The fourth-order valence-corrected chi connectivity index (χ4v) is 2.01. The van der Waals surface area contributed by atoms with E-state index < -0.39 is 0 Å². The maximum absolute atomic E-state index is 11.8. The van der Waals surface area contributed by atoms with E-state index >= 15 is 0 Å². The minimum Gasteiger partial charge on any atom is -0.508 e. The summed E-state index contributed by atoms with van der Waals surface area (Å²) in [4.78, 5) is 12.7. The molecule has 1 N–H and O–H groups in total. The van der Waals surface area contributed by atoms with Gasteiger partial charge in [0.15, 0.2) is 0 Å². The second kappa shape index (κ2) is 4.86. The number of carbonyl (C=O) groups is 1. The Labute approximate surface area is 97.9 Å². The molecule has 2 rings (SSSR count). The van der Waals surface area contributed by atoms with Crippen molar-refractivity contribution in [3.8, 4) is 5.75 Å². The van der Waals surface area contributed by atoms with Crippen LogP contribution in [-0.2, 0) is 0 Å². The van der Waals surface area contributed by atoms with E-state index in [9.17, 15) is 4.79 Å². The van der Waals surface area contributed by atoms with Crippen LogP contribution < -0.4 is 0 Å². The van der Waals surface area contributed by atoms with Crippen molar-refractivity contribution < 1.29 is 9.90 Å². The molecule has 0 unspecified atom stereocenters. The summed E-state index contributed by atoms with van der Waals surface area (Å²) in [6, 6.07) is 15.7. The van der Waals surface area contributed by atoms with Crippen molar-refractivity contribution in [3.63, 3.8) is 0 Å². The molecule has 2 nitrogen and oxygen atoms in total. The second-order valence-electron chi connectivity index (χ2n) is 3.25. The summed E-state index contributed by atoms with van der Waals surface area (Å²) in [5.74, 6) is 0.168. The topological polar surface area (TPSA) is 37.3 Å². The summed E-state index contributed by atoms with van der Waals surface area (Å²) in [5.41, 5.74) is 0.589. The van der Waals surface area contributed by atoms with Gasteiger partial charge < -0.3 is 5.11 Å². The first-order chi connectivity index (χ1) is 7.75. The molecule has 0 aromatic heterocycles. The van der Waals surface area contributed by atoms with Gasteiger partial charge >= 0.3 is 0 Å². The zero-order valence-corrected chi connectivity index (χ0v) is 9.28. The number of hydrogen-bond acceptors (Lipinski definition) is 3. The lowest BCUT2D eigenvalue weighted by Crippen LogP contribution is -1.91. The van der Waals surface area contributed by atoms with Crippen LogP contribution in [0.15, 0.2) is 59.5 Å². The second-order valence-corrected chi connectivity index (χ2v) is 4.30. The average Bonchev–Trinajstić information content (AvgIpc) is 2.31. The summed E-state index contributed by atoms with van der Waals surface area (Å²) < 4.78 is 0. The molecule has 0 fully saturated rings. The number of carbonyl (C=O) groups excluding carboxylic acids is 1. The van der Waals surface area contributed by atoms with Crippen LogP contribution in [0.4, 0.5) is 0 Å². The Morgan fingerprint density at radius 2 is 1.56 bits per heavy atom. The molecule has 16 heavy (non-hydrogen) atoms. The number of rotatable bonds is 2. The van der Waals surface area contributed by atoms with E-state index in [0.717, 1.165) is 4.90 Å². The standard InChI is InChI=1S/C13H10O2S/c14-11-8-6-10(7-9-11)13(15)16-12-4-2-1-3-5-12/h1-9,14H. The summed E-state index contributed by atoms with van der Waals surface area (Å²) in [5, 5.41) is 9.09. The molecule has 2 aromatic carbocycles. The van der Waals surface area contributed by atoms with Crippen molar-refractivity contribution in [2.24, 2.45) is 0 Å². The third kappa shape index (κ3) is 2.64. The Morgan fingerprint density at radius 1 is 0.938 bits per heavy atom. The molecule has 0 amide bonds. The predicted molar refractivity (Wildman–Crippen MR) is 64.7 cm³/mol. The fourth-order valence-electron chi connectivity index (χ4n) is 1.25. The van der Waals surface area contributed by atoms with Crippen molar-refractivity contribution in [3.05, 3.63) is 60.2 Å². The minimum atomic E-state index is -0.0220. The summed E-state index contributed by atoms with van der Waals surface area (Å²) in [6.07, 6.45) is 0. The molecule has 80 valence electrons. The van der Waals surface area contributed by atoms with E-state index in [1.807, 2.05) is 30.3 Å². The molecule has 0 atom stereocenters. The molecule has 0 radical (unpaired) electrons. The monoisotopic (exact) mass is 230 g/mol. The Balaban J connectivity index is 2.12. The third-order valence-corrected chi connectivity index (χ3v) is 2.99. The van der Waals surface area contributed by atoms with E-state index in [1.165, 1.54) is 23.9 Å². The normalized spacial score (nSPS) is 10.0. The van der Waals surface area contributed by atoms with Crippen molar-refractivity contribution >= 4 is 16.9 Å². The van der Waals surface area contributed by atoms with Crippen LogP contribution in [0.5, 0.6) is 5.75 Å². The van der Waals surface area contributed by atoms with E-state index in [1.54, 1.807) is 12.1 Å². The number of phenolic OH excluding ortho intramolecular Hbond substituents is 1. The molecule has 0 bridgehead atoms. The van der Waals surface area contributed by atoms with Gasteiger partial charge in [-0.15, -0.1) is 0 Å². The molecule has 0 saturated carbocycles. The Kier molecular flexibility index (Phi) is 3.27. The fraction of sp³-hybridized carbons (Fsp3) is 0. The van der Waals surface area contributed by atoms with Crippen molar-refractivity contribution in [1.82, 2.24) is 0 Å². The van der Waals surface area contributed by atoms with E-state index in [4.69, 9.17) is 5.11 Å². The lowest BCUT2D eigenvalue weighted by Gasteiger charge is -2.00. The molecular weight excluding hydrogens is 220 g/mol. The van der Waals surface area contributed by atoms with Crippen LogP contribution in [0, 0.1) is 0 Å². The zero-order valence-electron chi connectivity index (χ0n) is 8.46. The first-order valence-electron chi connectivity index (χ1n) is 4.82. The van der Waals surface area contributed by atoms with Gasteiger partial charge in [0.1, 0.15) is 5.75 Å². The number of aromatic hydroxyl groups is 1. The van der Waals surface area contributed by atoms with Gasteiger partial charge in [-0.2, -0.15) is 0 Å². The molecule has 0 aliphatic heterocycles. The number of hydrogen-bond donors (Lipinski definition) is 1. The summed E-state index contributed by atoms with van der Waals surface area (Å²) in [6.45, 7) is 0. The van der Waals surface area contributed by atoms with Gasteiger partial charge in [0.25, 0.3) is 0 Å². The first kappa shape index (κ1) is 10.8. The molecule has 0 heterocycles. The molecule has 0 spiro atoms. The minimum absolute atomic E-state index is 0.0220. The van der Waals surface area contributed by atoms with Gasteiger partial charge in [0.2, 0.25) is 5.12 Å². The lowest BCUT2D eigenvalue weighted by molar-refractivity contribution is 0.108. The molecular formula is C13H10O2S. The molecule has 3 heteroatoms. The van der Waals surface area contributed by atoms with Crippen molar-refractivity contribution in [2.45, 2.75) is 4.90 Å². The van der Waals surface area contributed by atoms with Crippen LogP contribution >= 0.6 is 11.8 Å². The van der Waals surface area contributed by atoms with Crippen molar-refractivity contribution in [1.29, 1.82) is 0 Å². The van der Waals surface area contributed by atoms with Crippen LogP contribution in [0.3, 0.4) is 0 Å². The predicted octanol–water partition coefficient (Wildman–Crippen LogP) is 3.32. The smallest absolute Gasteiger partial charge is 0.224 e. The highest BCUT2D eigenvalue weighted by Gasteiger charge is 2.07. The summed E-state index contributed by atoms with van der Waals surface area (Å²) in [7, 11) is 0. The highest BCUT2D eigenvalue weighted by molar-refractivity contribution is 8.14. The quantitative estimate of drug-likeness (QED) is 0.804. The molecule has 2 aromatic rings. The molecule has 0 aliphatic rings. The Morgan fingerprint density at radius 3 is 2.19 bits per heavy atom. The average molecular weight is 230 g/mol. The van der Waals surface area contributed by atoms with Gasteiger partial charge in [-0.25, -0.2) is 0 Å². The Hall–Kier alpha value is -1.74. The highest BCUT2D eigenvalue weighted by atomic mass is 32.2. The lowest BCUT2D eigenvalue weighted by atomic mass is 10.2. The largest absolute Gasteiger partial charge is 0.508 e.